The first-order valence-corrected chi connectivity index (χ1v) is 11.0. The Morgan fingerprint density at radius 1 is 1.03 bits per heavy atom. The van der Waals surface area contributed by atoms with E-state index < -0.39 is 6.04 Å². The number of amides is 2. The Balaban J connectivity index is 1.52. The summed E-state index contributed by atoms with van der Waals surface area (Å²) in [6, 6.07) is 20.7. The molecule has 2 aromatic carbocycles. The highest BCUT2D eigenvalue weighted by Crippen LogP contribution is 2.26. The lowest BCUT2D eigenvalue weighted by atomic mass is 10.1. The molecule has 152 valence electrons. The molecule has 3 aromatic rings. The molecule has 2 heterocycles. The lowest BCUT2D eigenvalue weighted by molar-refractivity contribution is -0.119. The van der Waals surface area contributed by atoms with Gasteiger partial charge < -0.3 is 10.2 Å². The zero-order chi connectivity index (χ0) is 21.1. The van der Waals surface area contributed by atoms with Crippen molar-refractivity contribution >= 4 is 29.3 Å². The molecule has 6 heteroatoms. The van der Waals surface area contributed by atoms with Gasteiger partial charge in [0.05, 0.1) is 22.8 Å². The highest BCUT2D eigenvalue weighted by Gasteiger charge is 2.35. The molecule has 2 amide bonds. The standard InChI is InChI=1S/C24H23N3O2S/c1-16-7-6-10-19(13-16)26-23(28)22-14-30-15-27(22)24(29)20-11-12-21(25-17(20)2)18-8-4-3-5-9-18/h3-13,22H,14-15H2,1-2H3,(H,26,28). The van der Waals surface area contributed by atoms with E-state index in [0.29, 0.717) is 22.9 Å². The number of anilines is 1. The molecule has 0 spiro atoms. The van der Waals surface area contributed by atoms with Crippen LogP contribution < -0.4 is 5.32 Å². The van der Waals surface area contributed by atoms with Crippen molar-refractivity contribution in [2.75, 3.05) is 16.9 Å². The largest absolute Gasteiger partial charge is 0.324 e. The second-order valence-electron chi connectivity index (χ2n) is 7.34. The Morgan fingerprint density at radius 3 is 2.57 bits per heavy atom. The molecule has 0 saturated carbocycles. The van der Waals surface area contributed by atoms with Crippen LogP contribution in [0.15, 0.2) is 66.7 Å². The number of carbonyl (C=O) groups is 2. The molecule has 1 N–H and O–H groups in total. The summed E-state index contributed by atoms with van der Waals surface area (Å²) in [6.07, 6.45) is 0. The molecule has 1 aromatic heterocycles. The highest BCUT2D eigenvalue weighted by atomic mass is 32.2. The molecule has 1 saturated heterocycles. The summed E-state index contributed by atoms with van der Waals surface area (Å²) in [4.78, 5) is 32.4. The monoisotopic (exact) mass is 417 g/mol. The quantitative estimate of drug-likeness (QED) is 0.678. The zero-order valence-corrected chi connectivity index (χ0v) is 17.8. The van der Waals surface area contributed by atoms with Gasteiger partial charge in [0.15, 0.2) is 0 Å². The molecule has 4 rings (SSSR count). The summed E-state index contributed by atoms with van der Waals surface area (Å²) in [5.74, 6) is 0.752. The first-order chi connectivity index (χ1) is 14.5. The fourth-order valence-corrected chi connectivity index (χ4v) is 4.67. The van der Waals surface area contributed by atoms with Crippen LogP contribution in [0.5, 0.6) is 0 Å². The number of nitrogens with one attached hydrogen (secondary N) is 1. The van der Waals surface area contributed by atoms with Gasteiger partial charge in [-0.3, -0.25) is 14.6 Å². The van der Waals surface area contributed by atoms with E-state index in [4.69, 9.17) is 0 Å². The second kappa shape index (κ2) is 8.71. The maximum atomic E-state index is 13.2. The van der Waals surface area contributed by atoms with Crippen LogP contribution in [0.25, 0.3) is 11.3 Å². The smallest absolute Gasteiger partial charge is 0.257 e. The summed E-state index contributed by atoms with van der Waals surface area (Å²) in [6.45, 7) is 3.82. The van der Waals surface area contributed by atoms with Crippen LogP contribution >= 0.6 is 11.8 Å². The number of rotatable bonds is 4. The van der Waals surface area contributed by atoms with E-state index >= 15 is 0 Å². The maximum absolute atomic E-state index is 13.2. The molecule has 0 aliphatic carbocycles. The lowest BCUT2D eigenvalue weighted by Gasteiger charge is -2.24. The van der Waals surface area contributed by atoms with Crippen molar-refractivity contribution in [1.29, 1.82) is 0 Å². The molecule has 0 bridgehead atoms. The molecule has 30 heavy (non-hydrogen) atoms. The van der Waals surface area contributed by atoms with Gasteiger partial charge in [-0.1, -0.05) is 42.5 Å². The van der Waals surface area contributed by atoms with E-state index in [1.54, 1.807) is 16.7 Å². The number of benzene rings is 2. The number of carbonyl (C=O) groups excluding carboxylic acids is 2. The first kappa shape index (κ1) is 20.2. The fourth-order valence-electron chi connectivity index (χ4n) is 3.52. The molecule has 5 nitrogen and oxygen atoms in total. The molecule has 1 aliphatic rings. The van der Waals surface area contributed by atoms with E-state index in [9.17, 15) is 9.59 Å². The van der Waals surface area contributed by atoms with Crippen molar-refractivity contribution in [3.8, 4) is 11.3 Å². The Labute approximate surface area is 180 Å². The fraction of sp³-hybridized carbons (Fsp3) is 0.208. The van der Waals surface area contributed by atoms with Gasteiger partial charge in [-0.15, -0.1) is 11.8 Å². The Bertz CT molecular complexity index is 1080. The van der Waals surface area contributed by atoms with Gasteiger partial charge in [-0.25, -0.2) is 0 Å². The highest BCUT2D eigenvalue weighted by molar-refractivity contribution is 7.99. The lowest BCUT2D eigenvalue weighted by Crippen LogP contribution is -2.44. The maximum Gasteiger partial charge on any atom is 0.257 e. The van der Waals surface area contributed by atoms with Crippen molar-refractivity contribution in [2.24, 2.45) is 0 Å². The normalized spacial score (nSPS) is 15.8. The van der Waals surface area contributed by atoms with E-state index in [2.05, 4.69) is 10.3 Å². The van der Waals surface area contributed by atoms with Crippen molar-refractivity contribution in [1.82, 2.24) is 9.88 Å². The number of aryl methyl sites for hydroxylation is 2. The van der Waals surface area contributed by atoms with Crippen molar-refractivity contribution in [3.63, 3.8) is 0 Å². The average Bonchev–Trinajstić information content (AvgIpc) is 3.24. The number of hydrogen-bond donors (Lipinski definition) is 1. The van der Waals surface area contributed by atoms with Gasteiger partial charge in [0.1, 0.15) is 6.04 Å². The predicted molar refractivity (Wildman–Crippen MR) is 122 cm³/mol. The first-order valence-electron chi connectivity index (χ1n) is 9.82. The molecule has 0 radical (unpaired) electrons. The van der Waals surface area contributed by atoms with Crippen LogP contribution in [-0.4, -0.2) is 39.4 Å². The van der Waals surface area contributed by atoms with E-state index in [1.165, 1.54) is 0 Å². The van der Waals surface area contributed by atoms with Gasteiger partial charge in [-0.05, 0) is 43.7 Å². The number of aromatic nitrogens is 1. The molecule has 1 unspecified atom stereocenters. The van der Waals surface area contributed by atoms with Crippen LogP contribution in [0.3, 0.4) is 0 Å². The molecular formula is C24H23N3O2S. The summed E-state index contributed by atoms with van der Waals surface area (Å²) in [5, 5.41) is 2.94. The number of thioether (sulfide) groups is 1. The molecular weight excluding hydrogens is 394 g/mol. The zero-order valence-electron chi connectivity index (χ0n) is 17.0. The van der Waals surface area contributed by atoms with Gasteiger partial charge >= 0.3 is 0 Å². The van der Waals surface area contributed by atoms with Gasteiger partial charge in [0.2, 0.25) is 5.91 Å². The minimum absolute atomic E-state index is 0.158. The summed E-state index contributed by atoms with van der Waals surface area (Å²) in [5.41, 5.74) is 4.85. The van der Waals surface area contributed by atoms with Crippen LogP contribution in [0.1, 0.15) is 21.6 Å². The molecule has 1 aliphatic heterocycles. The van der Waals surface area contributed by atoms with Crippen molar-refractivity contribution in [3.05, 3.63) is 83.6 Å². The van der Waals surface area contributed by atoms with Gasteiger partial charge in [-0.2, -0.15) is 0 Å². The molecule has 1 atom stereocenters. The Hall–Kier alpha value is -3.12. The topological polar surface area (TPSA) is 62.3 Å². The van der Waals surface area contributed by atoms with E-state index in [0.717, 1.165) is 22.5 Å². The number of nitrogens with zero attached hydrogens (tertiary/aromatic N) is 2. The Kier molecular flexibility index (Phi) is 5.86. The summed E-state index contributed by atoms with van der Waals surface area (Å²) in [7, 11) is 0. The minimum atomic E-state index is -0.504. The molecule has 1 fully saturated rings. The van der Waals surface area contributed by atoms with Gasteiger partial charge in [0.25, 0.3) is 5.91 Å². The minimum Gasteiger partial charge on any atom is -0.324 e. The van der Waals surface area contributed by atoms with Gasteiger partial charge in [0, 0.05) is 17.0 Å². The van der Waals surface area contributed by atoms with Crippen molar-refractivity contribution < 1.29 is 9.59 Å². The number of pyridine rings is 1. The average molecular weight is 418 g/mol. The summed E-state index contributed by atoms with van der Waals surface area (Å²) < 4.78 is 0. The van der Waals surface area contributed by atoms with Crippen LogP contribution in [-0.2, 0) is 4.79 Å². The predicted octanol–water partition coefficient (Wildman–Crippen LogP) is 4.52. The third-order valence-corrected chi connectivity index (χ3v) is 6.13. The second-order valence-corrected chi connectivity index (χ2v) is 8.34. The summed E-state index contributed by atoms with van der Waals surface area (Å²) >= 11 is 1.59. The Morgan fingerprint density at radius 2 is 1.83 bits per heavy atom. The third kappa shape index (κ3) is 4.24. The SMILES string of the molecule is Cc1cccc(NC(=O)C2CSCN2C(=O)c2ccc(-c3ccccc3)nc2C)c1. The van der Waals surface area contributed by atoms with E-state index in [-0.39, 0.29) is 11.8 Å². The van der Waals surface area contributed by atoms with Crippen LogP contribution in [0, 0.1) is 13.8 Å². The third-order valence-electron chi connectivity index (χ3n) is 5.12. The van der Waals surface area contributed by atoms with Crippen LogP contribution in [0.4, 0.5) is 5.69 Å². The van der Waals surface area contributed by atoms with Crippen LogP contribution in [0.2, 0.25) is 0 Å². The van der Waals surface area contributed by atoms with Crippen molar-refractivity contribution in [2.45, 2.75) is 19.9 Å². The van der Waals surface area contributed by atoms with E-state index in [1.807, 2.05) is 80.6 Å². The number of hydrogen-bond acceptors (Lipinski definition) is 4.